The molecule has 2 rings (SSSR count). The van der Waals surface area contributed by atoms with Gasteiger partial charge in [-0.2, -0.15) is 13.2 Å². The van der Waals surface area contributed by atoms with Crippen LogP contribution in [0.15, 0.2) is 23.6 Å². The Morgan fingerprint density at radius 3 is 2.43 bits per heavy atom. The van der Waals surface area contributed by atoms with E-state index in [-0.39, 0.29) is 5.56 Å². The maximum Gasteiger partial charge on any atom is 0.419 e. The molecule has 0 radical (unpaired) electrons. The van der Waals surface area contributed by atoms with Crippen LogP contribution in [0.25, 0.3) is 0 Å². The molecule has 0 amide bonds. The Balaban J connectivity index is 2.45. The van der Waals surface area contributed by atoms with Gasteiger partial charge in [-0.05, 0) is 35.6 Å². The number of alkyl halides is 3. The van der Waals surface area contributed by atoms with Crippen LogP contribution >= 0.6 is 22.9 Å². The number of hydrogen-bond acceptors (Lipinski definition) is 3. The Labute approximate surface area is 127 Å². The fourth-order valence-corrected chi connectivity index (χ4v) is 3.30. The Hall–Kier alpha value is -1.15. The number of hydrazine groups is 1. The van der Waals surface area contributed by atoms with E-state index in [4.69, 9.17) is 17.4 Å². The van der Waals surface area contributed by atoms with Gasteiger partial charge in [0.25, 0.3) is 0 Å². The summed E-state index contributed by atoms with van der Waals surface area (Å²) in [6.07, 6.45) is -4.73. The Kier molecular flexibility index (Phi) is 4.57. The molecular weight excluding hydrogens is 328 g/mol. The van der Waals surface area contributed by atoms with Gasteiger partial charge in [0.15, 0.2) is 0 Å². The van der Waals surface area contributed by atoms with Crippen LogP contribution in [0.4, 0.5) is 17.6 Å². The Bertz CT molecular complexity index is 654. The van der Waals surface area contributed by atoms with Crippen molar-refractivity contribution in [2.75, 3.05) is 0 Å². The molecule has 0 aliphatic carbocycles. The number of aryl methyl sites for hydroxylation is 1. The largest absolute Gasteiger partial charge is 0.419 e. The van der Waals surface area contributed by atoms with E-state index >= 15 is 0 Å². The van der Waals surface area contributed by atoms with Crippen LogP contribution in [0.5, 0.6) is 0 Å². The summed E-state index contributed by atoms with van der Waals surface area (Å²) < 4.78 is 51.3. The second-order valence-corrected chi connectivity index (χ2v) is 5.72. The van der Waals surface area contributed by atoms with Gasteiger partial charge in [0.2, 0.25) is 0 Å². The first-order valence-corrected chi connectivity index (χ1v) is 7.07. The van der Waals surface area contributed by atoms with Gasteiger partial charge < -0.3 is 0 Å². The molecule has 8 heteroatoms. The van der Waals surface area contributed by atoms with Crippen molar-refractivity contribution in [1.82, 2.24) is 5.43 Å². The first-order valence-electron chi connectivity index (χ1n) is 5.82. The summed E-state index contributed by atoms with van der Waals surface area (Å²) in [7, 11) is 0. The third kappa shape index (κ3) is 3.21. The van der Waals surface area contributed by atoms with Crippen LogP contribution in [0.1, 0.15) is 27.6 Å². The normalized spacial score (nSPS) is 13.5. The number of rotatable bonds is 3. The molecule has 21 heavy (non-hydrogen) atoms. The van der Waals surface area contributed by atoms with Crippen molar-refractivity contribution in [3.63, 3.8) is 0 Å². The average molecular weight is 339 g/mol. The monoisotopic (exact) mass is 338 g/mol. The van der Waals surface area contributed by atoms with Crippen LogP contribution in [0.2, 0.25) is 5.02 Å². The van der Waals surface area contributed by atoms with E-state index < -0.39 is 23.6 Å². The Morgan fingerprint density at radius 1 is 1.33 bits per heavy atom. The predicted octanol–water partition coefficient (Wildman–Crippen LogP) is 4.42. The number of nitrogens with two attached hydrogens (primary N) is 1. The maximum atomic E-state index is 13.6. The summed E-state index contributed by atoms with van der Waals surface area (Å²) in [5.74, 6) is 4.10. The highest BCUT2D eigenvalue weighted by atomic mass is 35.5. The molecule has 0 spiro atoms. The van der Waals surface area contributed by atoms with Crippen LogP contribution in [-0.2, 0) is 6.18 Å². The molecule has 0 saturated heterocycles. The SMILES string of the molecule is Cc1csc(C(NN)c2ccc(C(F)(F)F)c(F)c2)c1Cl. The lowest BCUT2D eigenvalue weighted by Crippen LogP contribution is -2.28. The lowest BCUT2D eigenvalue weighted by atomic mass is 10.0. The van der Waals surface area contributed by atoms with E-state index in [9.17, 15) is 17.6 Å². The molecule has 3 N–H and O–H groups in total. The topological polar surface area (TPSA) is 38.0 Å². The first kappa shape index (κ1) is 16.2. The summed E-state index contributed by atoms with van der Waals surface area (Å²) in [6.45, 7) is 1.79. The lowest BCUT2D eigenvalue weighted by molar-refractivity contribution is -0.140. The molecular formula is C13H11ClF4N2S. The molecule has 0 bridgehead atoms. The van der Waals surface area contributed by atoms with Crippen molar-refractivity contribution in [3.05, 3.63) is 56.0 Å². The van der Waals surface area contributed by atoms with E-state index in [2.05, 4.69) is 5.43 Å². The minimum Gasteiger partial charge on any atom is -0.271 e. The quantitative estimate of drug-likeness (QED) is 0.494. The molecule has 0 aliphatic heterocycles. The van der Waals surface area contributed by atoms with E-state index in [1.807, 2.05) is 0 Å². The van der Waals surface area contributed by atoms with Gasteiger partial charge in [-0.15, -0.1) is 11.3 Å². The third-order valence-corrected chi connectivity index (χ3v) is 4.76. The van der Waals surface area contributed by atoms with Crippen LogP contribution in [-0.4, -0.2) is 0 Å². The fourth-order valence-electron chi connectivity index (χ4n) is 1.91. The molecule has 1 atom stereocenters. The standard InChI is InChI=1S/C13H11ClF4N2S/c1-6-5-21-12(10(6)14)11(20-19)7-2-3-8(9(15)4-7)13(16,17)18/h2-5,11,20H,19H2,1H3. The molecule has 2 nitrogen and oxygen atoms in total. The number of halogens is 5. The van der Waals surface area contributed by atoms with Gasteiger partial charge in [0.05, 0.1) is 16.6 Å². The molecule has 0 aliphatic rings. The fraction of sp³-hybridized carbons (Fsp3) is 0.231. The predicted molar refractivity (Wildman–Crippen MR) is 74.6 cm³/mol. The van der Waals surface area contributed by atoms with Crippen molar-refractivity contribution < 1.29 is 17.6 Å². The second kappa shape index (κ2) is 5.92. The van der Waals surface area contributed by atoms with Gasteiger partial charge in [-0.25, -0.2) is 9.82 Å². The molecule has 1 unspecified atom stereocenters. The minimum atomic E-state index is -4.73. The van der Waals surface area contributed by atoms with Gasteiger partial charge in [-0.3, -0.25) is 5.84 Å². The van der Waals surface area contributed by atoms with Gasteiger partial charge >= 0.3 is 6.18 Å². The minimum absolute atomic E-state index is 0.270. The number of hydrogen-bond donors (Lipinski definition) is 2. The highest BCUT2D eigenvalue weighted by Crippen LogP contribution is 2.37. The van der Waals surface area contributed by atoms with E-state index in [1.54, 1.807) is 12.3 Å². The van der Waals surface area contributed by atoms with Crippen molar-refractivity contribution in [1.29, 1.82) is 0 Å². The lowest BCUT2D eigenvalue weighted by Gasteiger charge is -2.17. The van der Waals surface area contributed by atoms with Crippen molar-refractivity contribution >= 4 is 22.9 Å². The van der Waals surface area contributed by atoms with Crippen molar-refractivity contribution in [2.45, 2.75) is 19.1 Å². The van der Waals surface area contributed by atoms with Gasteiger partial charge in [0.1, 0.15) is 5.82 Å². The molecule has 1 aromatic carbocycles. The molecule has 1 heterocycles. The number of nitrogens with one attached hydrogen (secondary N) is 1. The number of thiophene rings is 1. The zero-order valence-corrected chi connectivity index (χ0v) is 12.3. The van der Waals surface area contributed by atoms with E-state index in [0.29, 0.717) is 16.0 Å². The molecule has 0 saturated carbocycles. The van der Waals surface area contributed by atoms with Crippen molar-refractivity contribution in [3.8, 4) is 0 Å². The third-order valence-electron chi connectivity index (χ3n) is 2.99. The van der Waals surface area contributed by atoms with Crippen molar-refractivity contribution in [2.24, 2.45) is 5.84 Å². The molecule has 1 aromatic heterocycles. The molecule has 114 valence electrons. The average Bonchev–Trinajstić information content (AvgIpc) is 2.71. The summed E-state index contributed by atoms with van der Waals surface area (Å²) >= 11 is 7.42. The van der Waals surface area contributed by atoms with E-state index in [1.165, 1.54) is 17.4 Å². The highest BCUT2D eigenvalue weighted by Gasteiger charge is 2.34. The zero-order chi connectivity index (χ0) is 15.8. The molecule has 0 fully saturated rings. The summed E-state index contributed by atoms with van der Waals surface area (Å²) in [5, 5.41) is 2.26. The summed E-state index contributed by atoms with van der Waals surface area (Å²) in [5.41, 5.74) is 2.24. The number of benzene rings is 1. The summed E-state index contributed by atoms with van der Waals surface area (Å²) in [6, 6.07) is 2.03. The summed E-state index contributed by atoms with van der Waals surface area (Å²) in [4.78, 5) is 0.621. The van der Waals surface area contributed by atoms with E-state index in [0.717, 1.165) is 11.6 Å². The van der Waals surface area contributed by atoms with Crippen LogP contribution in [0.3, 0.4) is 0 Å². The van der Waals surface area contributed by atoms with Gasteiger partial charge in [0, 0.05) is 4.88 Å². The first-order chi connectivity index (χ1) is 9.75. The molecule has 2 aromatic rings. The zero-order valence-electron chi connectivity index (χ0n) is 10.8. The van der Waals surface area contributed by atoms with Gasteiger partial charge in [-0.1, -0.05) is 17.7 Å². The van der Waals surface area contributed by atoms with Crippen LogP contribution < -0.4 is 11.3 Å². The Morgan fingerprint density at radius 2 is 2.00 bits per heavy atom. The second-order valence-electron chi connectivity index (χ2n) is 4.43. The smallest absolute Gasteiger partial charge is 0.271 e. The highest BCUT2D eigenvalue weighted by molar-refractivity contribution is 7.10. The van der Waals surface area contributed by atoms with Crippen LogP contribution in [0, 0.1) is 12.7 Å². The maximum absolute atomic E-state index is 13.6.